The Morgan fingerprint density at radius 3 is 2.96 bits per heavy atom. The molecule has 1 aliphatic rings. The fourth-order valence-electron chi connectivity index (χ4n) is 3.44. The molecule has 0 radical (unpaired) electrons. The molecule has 0 saturated heterocycles. The third-order valence-electron chi connectivity index (χ3n) is 4.63. The largest absolute Gasteiger partial charge is 0.493 e. The lowest BCUT2D eigenvalue weighted by Gasteiger charge is -2.19. The van der Waals surface area contributed by atoms with E-state index in [1.165, 1.54) is 6.07 Å². The number of ether oxygens (including phenoxy) is 2. The van der Waals surface area contributed by atoms with Crippen molar-refractivity contribution in [3.63, 3.8) is 0 Å². The van der Waals surface area contributed by atoms with Crippen LogP contribution in [-0.2, 0) is 13.6 Å². The summed E-state index contributed by atoms with van der Waals surface area (Å²) in [6.07, 6.45) is 1.82. The topological polar surface area (TPSA) is 48.3 Å². The highest BCUT2D eigenvalue weighted by Crippen LogP contribution is 2.33. The van der Waals surface area contributed by atoms with Gasteiger partial charge >= 0.3 is 0 Å². The molecule has 0 fully saturated rings. The van der Waals surface area contributed by atoms with E-state index < -0.39 is 0 Å². The van der Waals surface area contributed by atoms with Crippen LogP contribution in [0.2, 0.25) is 0 Å². The zero-order chi connectivity index (χ0) is 18.0. The Balaban J connectivity index is 1.86. The lowest BCUT2D eigenvalue weighted by atomic mass is 10.0. The van der Waals surface area contributed by atoms with Gasteiger partial charge in [0.25, 0.3) is 0 Å². The van der Waals surface area contributed by atoms with Crippen molar-refractivity contribution in [3.05, 3.63) is 40.8 Å². The number of methoxy groups -OCH3 is 1. The monoisotopic (exact) mass is 347 g/mol. The Bertz CT molecular complexity index is 743. The van der Waals surface area contributed by atoms with E-state index in [0.717, 1.165) is 41.3 Å². The third kappa shape index (κ3) is 3.63. The molecule has 5 nitrogen and oxygen atoms in total. The summed E-state index contributed by atoms with van der Waals surface area (Å²) in [5.41, 5.74) is 2.96. The van der Waals surface area contributed by atoms with Gasteiger partial charge in [0.1, 0.15) is 11.6 Å². The first-order valence-electron chi connectivity index (χ1n) is 8.76. The predicted octanol–water partition coefficient (Wildman–Crippen LogP) is 3.69. The fourth-order valence-corrected chi connectivity index (χ4v) is 3.44. The lowest BCUT2D eigenvalue weighted by molar-refractivity contribution is 0.314. The molecule has 2 aromatic rings. The van der Waals surface area contributed by atoms with E-state index in [1.54, 1.807) is 23.9 Å². The summed E-state index contributed by atoms with van der Waals surface area (Å²) in [5.74, 6) is 1.59. The van der Waals surface area contributed by atoms with Crippen LogP contribution in [0.5, 0.6) is 11.6 Å². The van der Waals surface area contributed by atoms with Crippen LogP contribution in [0, 0.1) is 5.82 Å². The minimum absolute atomic E-state index is 0.0399. The summed E-state index contributed by atoms with van der Waals surface area (Å²) < 4.78 is 26.8. The molecule has 0 aliphatic carbocycles. The van der Waals surface area contributed by atoms with Crippen LogP contribution < -0.4 is 14.8 Å². The first kappa shape index (κ1) is 17.7. The highest BCUT2D eigenvalue weighted by Gasteiger charge is 2.23. The van der Waals surface area contributed by atoms with Crippen molar-refractivity contribution in [1.82, 2.24) is 15.1 Å². The maximum Gasteiger partial charge on any atom is 0.216 e. The predicted molar refractivity (Wildman–Crippen MR) is 94.6 cm³/mol. The zero-order valence-electron chi connectivity index (χ0n) is 15.3. The van der Waals surface area contributed by atoms with E-state index in [4.69, 9.17) is 9.47 Å². The number of fused-ring (bicyclic) bond motifs is 1. The number of aromatic nitrogens is 2. The second kappa shape index (κ2) is 7.44. The molecule has 0 bridgehead atoms. The van der Waals surface area contributed by atoms with Crippen LogP contribution in [0.3, 0.4) is 0 Å². The number of halogens is 1. The van der Waals surface area contributed by atoms with E-state index in [2.05, 4.69) is 24.3 Å². The maximum atomic E-state index is 13.7. The van der Waals surface area contributed by atoms with Gasteiger partial charge in [0.15, 0.2) is 0 Å². The van der Waals surface area contributed by atoms with Gasteiger partial charge in [0.2, 0.25) is 5.88 Å². The third-order valence-corrected chi connectivity index (χ3v) is 4.63. The van der Waals surface area contributed by atoms with Gasteiger partial charge in [-0.05, 0) is 37.0 Å². The van der Waals surface area contributed by atoms with Gasteiger partial charge in [-0.2, -0.15) is 5.10 Å². The zero-order valence-corrected chi connectivity index (χ0v) is 15.3. The Kier molecular flexibility index (Phi) is 5.27. The van der Waals surface area contributed by atoms with Crippen molar-refractivity contribution in [2.24, 2.45) is 7.05 Å². The fraction of sp³-hybridized carbons (Fsp3) is 0.526. The van der Waals surface area contributed by atoms with Crippen molar-refractivity contribution < 1.29 is 13.9 Å². The molecular formula is C19H26FN3O2. The quantitative estimate of drug-likeness (QED) is 0.896. The summed E-state index contributed by atoms with van der Waals surface area (Å²) in [6.45, 7) is 5.51. The van der Waals surface area contributed by atoms with Gasteiger partial charge in [-0.3, -0.25) is 0 Å². The van der Waals surface area contributed by atoms with Gasteiger partial charge in [-0.15, -0.1) is 0 Å². The minimum atomic E-state index is -0.238. The lowest BCUT2D eigenvalue weighted by Crippen LogP contribution is -2.21. The average molecular weight is 347 g/mol. The van der Waals surface area contributed by atoms with Crippen LogP contribution in [0.25, 0.3) is 0 Å². The molecule has 1 aliphatic heterocycles. The molecule has 1 aromatic heterocycles. The molecule has 1 aromatic carbocycles. The first-order valence-corrected chi connectivity index (χ1v) is 8.76. The number of hydrogen-bond donors (Lipinski definition) is 1. The number of nitrogens with zero attached hydrogens (tertiary/aromatic N) is 2. The second-order valence-corrected chi connectivity index (χ2v) is 6.76. The van der Waals surface area contributed by atoms with E-state index >= 15 is 0 Å². The number of rotatable bonds is 5. The summed E-state index contributed by atoms with van der Waals surface area (Å²) in [5, 5.41) is 8.15. The Labute approximate surface area is 148 Å². The number of hydrogen-bond acceptors (Lipinski definition) is 4. The van der Waals surface area contributed by atoms with Crippen LogP contribution in [0.15, 0.2) is 18.2 Å². The minimum Gasteiger partial charge on any atom is -0.493 e. The van der Waals surface area contributed by atoms with Crippen molar-refractivity contribution in [3.8, 4) is 11.6 Å². The average Bonchev–Trinajstić information content (AvgIpc) is 2.77. The highest BCUT2D eigenvalue weighted by atomic mass is 19.1. The molecule has 6 heteroatoms. The van der Waals surface area contributed by atoms with Gasteiger partial charge in [-0.25, -0.2) is 9.07 Å². The van der Waals surface area contributed by atoms with Crippen molar-refractivity contribution in [2.75, 3.05) is 13.7 Å². The van der Waals surface area contributed by atoms with Crippen LogP contribution in [-0.4, -0.2) is 23.5 Å². The molecule has 25 heavy (non-hydrogen) atoms. The summed E-state index contributed by atoms with van der Waals surface area (Å²) in [4.78, 5) is 0. The van der Waals surface area contributed by atoms with Gasteiger partial charge < -0.3 is 14.8 Å². The Morgan fingerprint density at radius 2 is 2.24 bits per heavy atom. The van der Waals surface area contributed by atoms with Gasteiger partial charge in [-0.1, -0.05) is 13.8 Å². The molecule has 3 rings (SSSR count). The number of nitrogens with one attached hydrogen (secondary N) is 1. The SMILES string of the molecule is COc1c(CNC2CCCOc3ccc(F)cc32)c(C(C)C)nn1C. The molecule has 0 saturated carbocycles. The summed E-state index contributed by atoms with van der Waals surface area (Å²) in [7, 11) is 3.55. The second-order valence-electron chi connectivity index (χ2n) is 6.76. The molecule has 1 N–H and O–H groups in total. The van der Waals surface area contributed by atoms with E-state index in [0.29, 0.717) is 19.1 Å². The van der Waals surface area contributed by atoms with Gasteiger partial charge in [0, 0.05) is 25.2 Å². The highest BCUT2D eigenvalue weighted by molar-refractivity contribution is 5.38. The number of benzene rings is 1. The van der Waals surface area contributed by atoms with E-state index in [-0.39, 0.29) is 11.9 Å². The summed E-state index contributed by atoms with van der Waals surface area (Å²) >= 11 is 0. The van der Waals surface area contributed by atoms with Crippen molar-refractivity contribution in [1.29, 1.82) is 0 Å². The van der Waals surface area contributed by atoms with E-state index in [1.807, 2.05) is 7.05 Å². The summed E-state index contributed by atoms with van der Waals surface area (Å²) in [6, 6.07) is 4.78. The van der Waals surface area contributed by atoms with Crippen LogP contribution in [0.4, 0.5) is 4.39 Å². The Hall–Kier alpha value is -2.08. The molecule has 0 spiro atoms. The normalized spacial score (nSPS) is 17.1. The number of aryl methyl sites for hydroxylation is 1. The smallest absolute Gasteiger partial charge is 0.216 e. The molecule has 0 amide bonds. The molecule has 2 heterocycles. The molecule has 136 valence electrons. The molecule has 1 atom stereocenters. The standard InChI is InChI=1S/C19H26FN3O2/c1-12(2)18-15(19(24-4)23(3)22-18)11-21-16-6-5-9-25-17-8-7-13(20)10-14(16)17/h7-8,10,12,16,21H,5-6,9,11H2,1-4H3. The Morgan fingerprint density at radius 1 is 1.44 bits per heavy atom. The first-order chi connectivity index (χ1) is 12.0. The van der Waals surface area contributed by atoms with Crippen molar-refractivity contribution >= 4 is 0 Å². The van der Waals surface area contributed by atoms with Gasteiger partial charge in [0.05, 0.1) is 25.0 Å². The van der Waals surface area contributed by atoms with Crippen molar-refractivity contribution in [2.45, 2.75) is 45.2 Å². The molecule has 1 unspecified atom stereocenters. The van der Waals surface area contributed by atoms with E-state index in [9.17, 15) is 4.39 Å². The van der Waals surface area contributed by atoms with Crippen LogP contribution >= 0.6 is 0 Å². The van der Waals surface area contributed by atoms with Crippen LogP contribution in [0.1, 0.15) is 55.5 Å². The molecular weight excluding hydrogens is 321 g/mol. The maximum absolute atomic E-state index is 13.7.